The van der Waals surface area contributed by atoms with Crippen LogP contribution in [0.15, 0.2) is 59.2 Å². The predicted octanol–water partition coefficient (Wildman–Crippen LogP) is 4.39. The lowest BCUT2D eigenvalue weighted by Gasteiger charge is -2.14. The molecule has 0 spiro atoms. The molecule has 100 valence electrons. The van der Waals surface area contributed by atoms with E-state index in [1.54, 1.807) is 6.20 Å². The molecule has 1 N–H and O–H groups in total. The third-order valence-electron chi connectivity index (χ3n) is 3.47. The number of nitrogens with zero attached hydrogens (tertiary/aromatic N) is 1. The summed E-state index contributed by atoms with van der Waals surface area (Å²) < 4.78 is 1.00. The van der Waals surface area contributed by atoms with E-state index in [2.05, 4.69) is 20.9 Å². The number of hydrogen-bond donors (Lipinski definition) is 1. The second-order valence-corrected chi connectivity index (χ2v) is 5.69. The summed E-state index contributed by atoms with van der Waals surface area (Å²) >= 11 is 3.51. The average molecular weight is 328 g/mol. The molecule has 3 aromatic rings. The Labute approximate surface area is 126 Å². The molecule has 20 heavy (non-hydrogen) atoms. The van der Waals surface area contributed by atoms with Gasteiger partial charge < -0.3 is 5.11 Å². The monoisotopic (exact) mass is 327 g/mol. The van der Waals surface area contributed by atoms with Crippen molar-refractivity contribution in [1.29, 1.82) is 0 Å². The summed E-state index contributed by atoms with van der Waals surface area (Å²) in [6.07, 6.45) is 1.08. The largest absolute Gasteiger partial charge is 0.384 e. The number of hydrogen-bond acceptors (Lipinski definition) is 2. The molecule has 0 aliphatic rings. The quantitative estimate of drug-likeness (QED) is 0.757. The molecule has 1 atom stereocenters. The van der Waals surface area contributed by atoms with Crippen molar-refractivity contribution >= 4 is 26.8 Å². The van der Waals surface area contributed by atoms with Crippen LogP contribution in [0.4, 0.5) is 0 Å². The van der Waals surface area contributed by atoms with Gasteiger partial charge in [0.1, 0.15) is 6.10 Å². The molecule has 2 aromatic carbocycles. The summed E-state index contributed by atoms with van der Waals surface area (Å²) in [5, 5.41) is 11.7. The van der Waals surface area contributed by atoms with Crippen LogP contribution in [-0.4, -0.2) is 10.1 Å². The van der Waals surface area contributed by atoms with Gasteiger partial charge in [-0.05, 0) is 30.2 Å². The molecule has 0 fully saturated rings. The van der Waals surface area contributed by atoms with Crippen LogP contribution in [0.5, 0.6) is 0 Å². The van der Waals surface area contributed by atoms with Gasteiger partial charge in [0.25, 0.3) is 0 Å². The predicted molar refractivity (Wildman–Crippen MR) is 84.7 cm³/mol. The highest BCUT2D eigenvalue weighted by atomic mass is 79.9. The molecule has 0 aliphatic carbocycles. The third kappa shape index (κ3) is 2.35. The van der Waals surface area contributed by atoms with Crippen LogP contribution in [0, 0.1) is 6.92 Å². The Bertz CT molecular complexity index is 765. The van der Waals surface area contributed by atoms with Crippen LogP contribution >= 0.6 is 15.9 Å². The van der Waals surface area contributed by atoms with Crippen molar-refractivity contribution in [2.24, 2.45) is 0 Å². The van der Waals surface area contributed by atoms with Crippen molar-refractivity contribution in [2.75, 3.05) is 0 Å². The standard InChI is InChI=1S/C17H14BrNO/c1-11-7-8-13(10-15(11)18)17(20)14-6-2-4-12-5-3-9-19-16(12)14/h2-10,17,20H,1H3. The zero-order chi connectivity index (χ0) is 14.1. The molecule has 1 aromatic heterocycles. The Morgan fingerprint density at radius 2 is 1.90 bits per heavy atom. The average Bonchev–Trinajstić information content (AvgIpc) is 2.49. The molecule has 0 amide bonds. The number of benzene rings is 2. The van der Waals surface area contributed by atoms with Crippen LogP contribution in [0.2, 0.25) is 0 Å². The van der Waals surface area contributed by atoms with Gasteiger partial charge in [-0.3, -0.25) is 4.98 Å². The van der Waals surface area contributed by atoms with E-state index in [4.69, 9.17) is 0 Å². The number of rotatable bonds is 2. The zero-order valence-electron chi connectivity index (χ0n) is 11.0. The molecule has 0 radical (unpaired) electrons. The molecule has 0 saturated heterocycles. The summed E-state index contributed by atoms with van der Waals surface area (Å²) in [6, 6.07) is 15.7. The summed E-state index contributed by atoms with van der Waals surface area (Å²) in [5.74, 6) is 0. The van der Waals surface area contributed by atoms with Crippen LogP contribution in [0.3, 0.4) is 0 Å². The number of aromatic nitrogens is 1. The topological polar surface area (TPSA) is 33.1 Å². The van der Waals surface area contributed by atoms with Gasteiger partial charge in [-0.2, -0.15) is 0 Å². The van der Waals surface area contributed by atoms with Gasteiger partial charge in [0.2, 0.25) is 0 Å². The molecule has 2 nitrogen and oxygen atoms in total. The van der Waals surface area contributed by atoms with E-state index in [9.17, 15) is 5.11 Å². The Kier molecular flexibility index (Phi) is 3.55. The first-order valence-corrected chi connectivity index (χ1v) is 7.24. The highest BCUT2D eigenvalue weighted by Gasteiger charge is 2.14. The Morgan fingerprint density at radius 3 is 2.70 bits per heavy atom. The first-order chi connectivity index (χ1) is 9.66. The molecular weight excluding hydrogens is 314 g/mol. The van der Waals surface area contributed by atoms with Crippen molar-refractivity contribution in [3.05, 3.63) is 75.9 Å². The van der Waals surface area contributed by atoms with Crippen molar-refractivity contribution in [2.45, 2.75) is 13.0 Å². The van der Waals surface area contributed by atoms with Gasteiger partial charge in [-0.15, -0.1) is 0 Å². The SMILES string of the molecule is Cc1ccc(C(O)c2cccc3cccnc23)cc1Br. The maximum atomic E-state index is 10.6. The van der Waals surface area contributed by atoms with Gasteiger partial charge in [0, 0.05) is 21.6 Å². The fraction of sp³-hybridized carbons (Fsp3) is 0.118. The summed E-state index contributed by atoms with van der Waals surface area (Å²) in [7, 11) is 0. The fourth-order valence-corrected chi connectivity index (χ4v) is 2.70. The van der Waals surface area contributed by atoms with Crippen LogP contribution < -0.4 is 0 Å². The second-order valence-electron chi connectivity index (χ2n) is 4.83. The van der Waals surface area contributed by atoms with Crippen molar-refractivity contribution in [1.82, 2.24) is 4.98 Å². The van der Waals surface area contributed by atoms with E-state index in [1.165, 1.54) is 0 Å². The maximum Gasteiger partial charge on any atom is 0.106 e. The number of aryl methyl sites for hydroxylation is 1. The maximum absolute atomic E-state index is 10.6. The Morgan fingerprint density at radius 1 is 1.10 bits per heavy atom. The molecule has 0 aliphatic heterocycles. The molecular formula is C17H14BrNO. The highest BCUT2D eigenvalue weighted by Crippen LogP contribution is 2.29. The number of halogens is 1. The van der Waals surface area contributed by atoms with Gasteiger partial charge in [-0.1, -0.05) is 52.3 Å². The molecule has 3 rings (SSSR count). The van der Waals surface area contributed by atoms with Gasteiger partial charge >= 0.3 is 0 Å². The number of pyridine rings is 1. The van der Waals surface area contributed by atoms with Crippen LogP contribution in [0.25, 0.3) is 10.9 Å². The minimum atomic E-state index is -0.675. The van der Waals surface area contributed by atoms with E-state index in [0.717, 1.165) is 32.1 Å². The molecule has 0 bridgehead atoms. The first kappa shape index (κ1) is 13.3. The van der Waals surface area contributed by atoms with Crippen molar-refractivity contribution in [3.8, 4) is 0 Å². The lowest BCUT2D eigenvalue weighted by Crippen LogP contribution is -2.01. The van der Waals surface area contributed by atoms with E-state index in [-0.39, 0.29) is 0 Å². The van der Waals surface area contributed by atoms with Gasteiger partial charge in [0.15, 0.2) is 0 Å². The van der Waals surface area contributed by atoms with Crippen molar-refractivity contribution in [3.63, 3.8) is 0 Å². The molecule has 1 heterocycles. The minimum absolute atomic E-state index is 0.675. The van der Waals surface area contributed by atoms with Crippen LogP contribution in [-0.2, 0) is 0 Å². The number of aliphatic hydroxyl groups excluding tert-OH is 1. The highest BCUT2D eigenvalue weighted by molar-refractivity contribution is 9.10. The fourth-order valence-electron chi connectivity index (χ4n) is 2.31. The zero-order valence-corrected chi connectivity index (χ0v) is 12.6. The second kappa shape index (κ2) is 5.35. The normalized spacial score (nSPS) is 12.6. The number of aliphatic hydroxyl groups is 1. The minimum Gasteiger partial charge on any atom is -0.384 e. The Balaban J connectivity index is 2.12. The first-order valence-electron chi connectivity index (χ1n) is 6.44. The van der Waals surface area contributed by atoms with E-state index >= 15 is 0 Å². The van der Waals surface area contributed by atoms with Crippen LogP contribution in [0.1, 0.15) is 22.8 Å². The summed E-state index contributed by atoms with van der Waals surface area (Å²) in [6.45, 7) is 2.03. The lowest BCUT2D eigenvalue weighted by atomic mass is 9.98. The summed E-state index contributed by atoms with van der Waals surface area (Å²) in [5.41, 5.74) is 3.69. The molecule has 3 heteroatoms. The van der Waals surface area contributed by atoms with Crippen molar-refractivity contribution < 1.29 is 5.11 Å². The number of fused-ring (bicyclic) bond motifs is 1. The number of para-hydroxylation sites is 1. The third-order valence-corrected chi connectivity index (χ3v) is 4.32. The smallest absolute Gasteiger partial charge is 0.106 e. The van der Waals surface area contributed by atoms with E-state index in [1.807, 2.05) is 55.5 Å². The molecule has 0 saturated carbocycles. The van der Waals surface area contributed by atoms with Gasteiger partial charge in [0.05, 0.1) is 5.52 Å². The van der Waals surface area contributed by atoms with E-state index in [0.29, 0.717) is 0 Å². The Hall–Kier alpha value is -1.71. The lowest BCUT2D eigenvalue weighted by molar-refractivity contribution is 0.221. The van der Waals surface area contributed by atoms with Gasteiger partial charge in [-0.25, -0.2) is 0 Å². The summed E-state index contributed by atoms with van der Waals surface area (Å²) in [4.78, 5) is 4.40. The van der Waals surface area contributed by atoms with E-state index < -0.39 is 6.10 Å². The molecule has 1 unspecified atom stereocenters.